The van der Waals surface area contributed by atoms with Crippen LogP contribution in [0, 0.1) is 0 Å². The van der Waals surface area contributed by atoms with E-state index in [2.05, 4.69) is 4.99 Å². The van der Waals surface area contributed by atoms with Crippen molar-refractivity contribution < 1.29 is 14.6 Å². The Morgan fingerprint density at radius 2 is 1.89 bits per heavy atom. The predicted molar refractivity (Wildman–Crippen MR) is 109 cm³/mol. The van der Waals surface area contributed by atoms with Gasteiger partial charge in [0.15, 0.2) is 0 Å². The second kappa shape index (κ2) is 10.5. The molecule has 0 amide bonds. The van der Waals surface area contributed by atoms with Gasteiger partial charge in [-0.25, -0.2) is 4.99 Å². The lowest BCUT2D eigenvalue weighted by Crippen LogP contribution is -2.24. The number of anilines is 1. The number of halogens is 1. The third-order valence-corrected chi connectivity index (χ3v) is 4.20. The summed E-state index contributed by atoms with van der Waals surface area (Å²) in [6.07, 6.45) is 0.964. The van der Waals surface area contributed by atoms with Gasteiger partial charge in [-0.3, -0.25) is 4.79 Å². The second-order valence-corrected chi connectivity index (χ2v) is 6.49. The van der Waals surface area contributed by atoms with Crippen molar-refractivity contribution in [3.05, 3.63) is 54.1 Å². The summed E-state index contributed by atoms with van der Waals surface area (Å²) in [5.41, 5.74) is 7.90. The Balaban J connectivity index is 1.81. The number of carboxylic acids is 1. The molecule has 0 aliphatic rings. The summed E-state index contributed by atoms with van der Waals surface area (Å²) in [5.74, 6) is -0.0339. The summed E-state index contributed by atoms with van der Waals surface area (Å²) >= 11 is 6.26. The molecule has 6 nitrogen and oxygen atoms in total. The molecular weight excluding hydrogens is 366 g/mol. The van der Waals surface area contributed by atoms with Crippen LogP contribution in [0.15, 0.2) is 53.5 Å². The van der Waals surface area contributed by atoms with Crippen molar-refractivity contribution in [3.8, 4) is 5.75 Å². The molecule has 0 atom stereocenters. The highest BCUT2D eigenvalue weighted by Gasteiger charge is 2.05. The molecule has 0 saturated heterocycles. The number of ether oxygens (including phenoxy) is 1. The number of nitrogens with two attached hydrogens (primary N) is 1. The van der Waals surface area contributed by atoms with Gasteiger partial charge < -0.3 is 20.5 Å². The highest BCUT2D eigenvalue weighted by Crippen LogP contribution is 2.22. The van der Waals surface area contributed by atoms with Crippen LogP contribution in [0.5, 0.6) is 5.75 Å². The van der Waals surface area contributed by atoms with Crippen LogP contribution in [-0.2, 0) is 4.79 Å². The topological polar surface area (TPSA) is 88.1 Å². The van der Waals surface area contributed by atoms with Crippen LogP contribution in [0.3, 0.4) is 0 Å². The monoisotopic (exact) mass is 389 g/mol. The number of para-hydroxylation sites is 1. The molecule has 0 fully saturated rings. The van der Waals surface area contributed by atoms with Gasteiger partial charge in [-0.15, -0.1) is 0 Å². The van der Waals surface area contributed by atoms with E-state index in [0.29, 0.717) is 35.3 Å². The van der Waals surface area contributed by atoms with E-state index in [9.17, 15) is 4.79 Å². The summed E-state index contributed by atoms with van der Waals surface area (Å²) < 4.78 is 5.70. The first-order valence-corrected chi connectivity index (χ1v) is 9.06. The molecule has 27 heavy (non-hydrogen) atoms. The van der Waals surface area contributed by atoms with Crippen LogP contribution in [0.25, 0.3) is 0 Å². The van der Waals surface area contributed by atoms with Gasteiger partial charge in [0.05, 0.1) is 18.7 Å². The number of nitrogen functional groups attached to an aromatic ring is 1. The van der Waals surface area contributed by atoms with E-state index in [4.69, 9.17) is 27.2 Å². The minimum atomic E-state index is -0.782. The molecule has 3 N–H and O–H groups in total. The summed E-state index contributed by atoms with van der Waals surface area (Å²) in [5, 5.41) is 9.00. The summed E-state index contributed by atoms with van der Waals surface area (Å²) in [4.78, 5) is 16.9. The minimum absolute atomic E-state index is 0.149. The predicted octanol–water partition coefficient (Wildman–Crippen LogP) is 3.76. The maximum absolute atomic E-state index is 10.5. The molecule has 0 heterocycles. The normalized spacial score (nSPS) is 11.6. The highest BCUT2D eigenvalue weighted by molar-refractivity contribution is 6.70. The van der Waals surface area contributed by atoms with Gasteiger partial charge in [0.2, 0.25) is 0 Å². The van der Waals surface area contributed by atoms with Gasteiger partial charge in [-0.05, 0) is 49.9 Å². The van der Waals surface area contributed by atoms with E-state index in [1.165, 1.54) is 0 Å². The number of hydrogen-bond acceptors (Lipinski definition) is 5. The molecule has 0 aliphatic carbocycles. The van der Waals surface area contributed by atoms with Crippen molar-refractivity contribution in [2.24, 2.45) is 4.99 Å². The fourth-order valence-electron chi connectivity index (χ4n) is 2.40. The zero-order valence-corrected chi connectivity index (χ0v) is 16.0. The van der Waals surface area contributed by atoms with Gasteiger partial charge in [0, 0.05) is 24.3 Å². The Morgan fingerprint density at radius 1 is 1.19 bits per heavy atom. The zero-order chi connectivity index (χ0) is 19.6. The number of aliphatic carboxylic acids is 1. The molecule has 0 spiro atoms. The summed E-state index contributed by atoms with van der Waals surface area (Å²) in [6, 6.07) is 14.6. The second-order valence-electron chi connectivity index (χ2n) is 6.13. The van der Waals surface area contributed by atoms with E-state index in [1.54, 1.807) is 6.07 Å². The Morgan fingerprint density at radius 3 is 2.56 bits per heavy atom. The van der Waals surface area contributed by atoms with E-state index in [0.717, 1.165) is 18.7 Å². The van der Waals surface area contributed by atoms with Crippen LogP contribution in [0.1, 0.15) is 18.4 Å². The van der Waals surface area contributed by atoms with Crippen molar-refractivity contribution in [1.29, 1.82) is 0 Å². The van der Waals surface area contributed by atoms with E-state index >= 15 is 0 Å². The molecule has 0 saturated carbocycles. The quantitative estimate of drug-likeness (QED) is 0.367. The molecule has 0 bridgehead atoms. The molecule has 2 aromatic rings. The fourth-order valence-corrected chi connectivity index (χ4v) is 2.67. The SMILES string of the molecule is CN(CCCOc1ccc(N=C(Cl)c2ccccc2N)cc1)CCC(=O)O. The maximum Gasteiger partial charge on any atom is 0.304 e. The molecular formula is C20H24ClN3O3. The third kappa shape index (κ3) is 7.29. The number of carbonyl (C=O) groups is 1. The Labute approximate surface area is 164 Å². The van der Waals surface area contributed by atoms with Gasteiger partial charge >= 0.3 is 5.97 Å². The average molecular weight is 390 g/mol. The smallest absolute Gasteiger partial charge is 0.304 e. The number of rotatable bonds is 10. The number of aliphatic imine (C=N–C) groups is 1. The van der Waals surface area contributed by atoms with Crippen molar-refractivity contribution >= 4 is 34.1 Å². The molecule has 2 aromatic carbocycles. The standard InChI is InChI=1S/C20H24ClN3O3/c1-24(13-11-19(25)26)12-4-14-27-16-9-7-15(8-10-16)23-20(21)17-5-2-3-6-18(17)22/h2-3,5-10H,4,11-14,22H2,1H3,(H,25,26). The maximum atomic E-state index is 10.5. The van der Waals surface area contributed by atoms with Gasteiger partial charge in [-0.1, -0.05) is 23.7 Å². The molecule has 0 unspecified atom stereocenters. The number of benzene rings is 2. The van der Waals surface area contributed by atoms with Crippen LogP contribution in [0.4, 0.5) is 11.4 Å². The van der Waals surface area contributed by atoms with Crippen molar-refractivity contribution in [3.63, 3.8) is 0 Å². The lowest BCUT2D eigenvalue weighted by molar-refractivity contribution is -0.137. The fraction of sp³-hybridized carbons (Fsp3) is 0.300. The van der Waals surface area contributed by atoms with Crippen LogP contribution < -0.4 is 10.5 Å². The van der Waals surface area contributed by atoms with Gasteiger partial charge in [0.25, 0.3) is 0 Å². The Bertz CT molecular complexity index is 778. The summed E-state index contributed by atoms with van der Waals surface area (Å²) in [7, 11) is 1.90. The number of carboxylic acid groups (broad SMARTS) is 1. The zero-order valence-electron chi connectivity index (χ0n) is 15.3. The van der Waals surface area contributed by atoms with Crippen LogP contribution >= 0.6 is 11.6 Å². The van der Waals surface area contributed by atoms with Gasteiger partial charge in [0.1, 0.15) is 10.9 Å². The lowest BCUT2D eigenvalue weighted by Gasteiger charge is -2.15. The van der Waals surface area contributed by atoms with Crippen LogP contribution in [-0.4, -0.2) is 47.9 Å². The van der Waals surface area contributed by atoms with Crippen molar-refractivity contribution in [1.82, 2.24) is 4.90 Å². The highest BCUT2D eigenvalue weighted by atomic mass is 35.5. The van der Waals surface area contributed by atoms with Gasteiger partial charge in [-0.2, -0.15) is 0 Å². The Hall–Kier alpha value is -2.57. The molecule has 0 aromatic heterocycles. The number of nitrogens with zero attached hydrogens (tertiary/aromatic N) is 2. The molecule has 0 aliphatic heterocycles. The molecule has 0 radical (unpaired) electrons. The van der Waals surface area contributed by atoms with E-state index < -0.39 is 5.97 Å². The first-order valence-electron chi connectivity index (χ1n) is 8.68. The first-order chi connectivity index (χ1) is 13.0. The number of hydrogen-bond donors (Lipinski definition) is 2. The van der Waals surface area contributed by atoms with E-state index in [-0.39, 0.29) is 6.42 Å². The van der Waals surface area contributed by atoms with E-state index in [1.807, 2.05) is 54.4 Å². The molecule has 7 heteroatoms. The third-order valence-electron chi connectivity index (χ3n) is 3.91. The molecule has 144 valence electrons. The lowest BCUT2D eigenvalue weighted by atomic mass is 10.2. The van der Waals surface area contributed by atoms with Crippen molar-refractivity contribution in [2.75, 3.05) is 32.5 Å². The first kappa shape index (κ1) is 20.7. The van der Waals surface area contributed by atoms with Crippen LogP contribution in [0.2, 0.25) is 0 Å². The van der Waals surface area contributed by atoms with Crippen molar-refractivity contribution in [2.45, 2.75) is 12.8 Å². The Kier molecular flexibility index (Phi) is 8.10. The minimum Gasteiger partial charge on any atom is -0.494 e. The largest absolute Gasteiger partial charge is 0.494 e. The summed E-state index contributed by atoms with van der Waals surface area (Å²) in [6.45, 7) is 1.87. The molecule has 2 rings (SSSR count). The average Bonchev–Trinajstić information content (AvgIpc) is 2.65.